The van der Waals surface area contributed by atoms with Crippen LogP contribution in [0.3, 0.4) is 0 Å². The number of pyridine rings is 1. The molecule has 0 radical (unpaired) electrons. The number of hydrogen-bond donors (Lipinski definition) is 2. The quantitative estimate of drug-likeness (QED) is 0.786. The lowest BCUT2D eigenvalue weighted by Gasteiger charge is -2.21. The minimum absolute atomic E-state index is 0.185. The Labute approximate surface area is 124 Å². The Kier molecular flexibility index (Phi) is 4.90. The van der Waals surface area contributed by atoms with Gasteiger partial charge in [0.25, 0.3) is 0 Å². The van der Waals surface area contributed by atoms with Crippen LogP contribution in [-0.4, -0.2) is 22.3 Å². The second kappa shape index (κ2) is 6.85. The van der Waals surface area contributed by atoms with Crippen LogP contribution in [0, 0.1) is 6.92 Å². The van der Waals surface area contributed by atoms with Crippen molar-refractivity contribution in [2.75, 3.05) is 12.3 Å². The molecular weight excluding hydrogens is 264 g/mol. The Morgan fingerprint density at radius 2 is 2.05 bits per heavy atom. The van der Waals surface area contributed by atoms with Crippen molar-refractivity contribution in [3.8, 4) is 0 Å². The van der Waals surface area contributed by atoms with Crippen LogP contribution >= 0.6 is 0 Å². The van der Waals surface area contributed by atoms with Gasteiger partial charge < -0.3 is 11.5 Å². The highest BCUT2D eigenvalue weighted by Crippen LogP contribution is 2.13. The van der Waals surface area contributed by atoms with E-state index in [1.165, 1.54) is 0 Å². The van der Waals surface area contributed by atoms with Gasteiger partial charge >= 0.3 is 0 Å². The van der Waals surface area contributed by atoms with E-state index in [4.69, 9.17) is 11.5 Å². The molecule has 0 unspecified atom stereocenters. The highest BCUT2D eigenvalue weighted by Gasteiger charge is 2.12. The summed E-state index contributed by atoms with van der Waals surface area (Å²) in [6.45, 7) is 3.37. The van der Waals surface area contributed by atoms with Gasteiger partial charge in [-0.05, 0) is 36.2 Å². The number of benzene rings is 1. The van der Waals surface area contributed by atoms with E-state index in [0.717, 1.165) is 16.8 Å². The van der Waals surface area contributed by atoms with E-state index < -0.39 is 0 Å². The molecule has 1 heterocycles. The predicted molar refractivity (Wildman–Crippen MR) is 83.1 cm³/mol. The van der Waals surface area contributed by atoms with Gasteiger partial charge in [-0.1, -0.05) is 18.2 Å². The van der Waals surface area contributed by atoms with Gasteiger partial charge in [0, 0.05) is 25.0 Å². The maximum Gasteiger partial charge on any atom is 0.231 e. The predicted octanol–water partition coefficient (Wildman–Crippen LogP) is 1.46. The van der Waals surface area contributed by atoms with Gasteiger partial charge in [-0.3, -0.25) is 14.7 Å². The number of aryl methyl sites for hydroxylation is 1. The van der Waals surface area contributed by atoms with Gasteiger partial charge in [0.05, 0.1) is 12.2 Å². The summed E-state index contributed by atoms with van der Waals surface area (Å²) < 4.78 is 0. The van der Waals surface area contributed by atoms with Gasteiger partial charge in [-0.15, -0.1) is 0 Å². The monoisotopic (exact) mass is 284 g/mol. The van der Waals surface area contributed by atoms with Gasteiger partial charge in [0.2, 0.25) is 5.91 Å². The van der Waals surface area contributed by atoms with Crippen molar-refractivity contribution in [1.82, 2.24) is 9.88 Å². The molecular formula is C16H20N4O. The minimum atomic E-state index is -0.354. The highest BCUT2D eigenvalue weighted by atomic mass is 16.1. The summed E-state index contributed by atoms with van der Waals surface area (Å²) in [5.41, 5.74) is 14.9. The molecule has 0 fully saturated rings. The fraction of sp³-hybridized carbons (Fsp3) is 0.250. The van der Waals surface area contributed by atoms with Gasteiger partial charge in [0.15, 0.2) is 0 Å². The van der Waals surface area contributed by atoms with Gasteiger partial charge in [-0.2, -0.15) is 0 Å². The van der Waals surface area contributed by atoms with Crippen molar-refractivity contribution in [1.29, 1.82) is 0 Å². The summed E-state index contributed by atoms with van der Waals surface area (Å²) in [5, 5.41) is 0. The third kappa shape index (κ3) is 4.57. The lowest BCUT2D eigenvalue weighted by atomic mass is 10.1. The fourth-order valence-electron chi connectivity index (χ4n) is 2.23. The SMILES string of the molecule is Cc1cccnc1CN(CC(N)=O)Cc1cccc(N)c1. The van der Waals surface area contributed by atoms with Gasteiger partial charge in [0.1, 0.15) is 0 Å². The van der Waals surface area contributed by atoms with Crippen LogP contribution in [0.25, 0.3) is 0 Å². The maximum atomic E-state index is 11.3. The van der Waals surface area contributed by atoms with E-state index >= 15 is 0 Å². The molecule has 0 spiro atoms. The number of hydrogen-bond acceptors (Lipinski definition) is 4. The van der Waals surface area contributed by atoms with Crippen LogP contribution < -0.4 is 11.5 Å². The first-order chi connectivity index (χ1) is 10.0. The first kappa shape index (κ1) is 15.0. The Morgan fingerprint density at radius 1 is 1.24 bits per heavy atom. The zero-order chi connectivity index (χ0) is 15.2. The largest absolute Gasteiger partial charge is 0.399 e. The van der Waals surface area contributed by atoms with Crippen LogP contribution in [0.1, 0.15) is 16.8 Å². The van der Waals surface area contributed by atoms with Crippen molar-refractivity contribution in [2.45, 2.75) is 20.0 Å². The van der Waals surface area contributed by atoms with E-state index in [0.29, 0.717) is 18.8 Å². The zero-order valence-corrected chi connectivity index (χ0v) is 12.1. The molecule has 2 aromatic rings. The number of nitrogens with zero attached hydrogens (tertiary/aromatic N) is 2. The van der Waals surface area contributed by atoms with Crippen molar-refractivity contribution in [3.05, 3.63) is 59.4 Å². The molecule has 0 aliphatic heterocycles. The molecule has 0 bridgehead atoms. The lowest BCUT2D eigenvalue weighted by Crippen LogP contribution is -2.33. The number of nitrogens with two attached hydrogens (primary N) is 2. The molecule has 1 amide bonds. The number of nitrogen functional groups attached to an aromatic ring is 1. The summed E-state index contributed by atoms with van der Waals surface area (Å²) in [6.07, 6.45) is 1.76. The van der Waals surface area contributed by atoms with Crippen LogP contribution in [0.15, 0.2) is 42.6 Å². The van der Waals surface area contributed by atoms with Crippen LogP contribution in [0.2, 0.25) is 0 Å². The number of rotatable bonds is 6. The smallest absolute Gasteiger partial charge is 0.231 e. The van der Waals surface area contributed by atoms with Crippen LogP contribution in [0.4, 0.5) is 5.69 Å². The molecule has 4 N–H and O–H groups in total. The number of primary amides is 1. The first-order valence-corrected chi connectivity index (χ1v) is 6.80. The van der Waals surface area contributed by atoms with Crippen molar-refractivity contribution < 1.29 is 4.79 Å². The number of aromatic nitrogens is 1. The van der Waals surface area contributed by atoms with E-state index in [2.05, 4.69) is 4.98 Å². The second-order valence-corrected chi connectivity index (χ2v) is 5.12. The van der Waals surface area contributed by atoms with Gasteiger partial charge in [-0.25, -0.2) is 0 Å². The second-order valence-electron chi connectivity index (χ2n) is 5.12. The molecule has 0 aliphatic carbocycles. The van der Waals surface area contributed by atoms with E-state index in [1.807, 2.05) is 48.2 Å². The molecule has 0 atom stereocenters. The summed E-state index contributed by atoms with van der Waals surface area (Å²) in [7, 11) is 0. The molecule has 5 nitrogen and oxygen atoms in total. The average molecular weight is 284 g/mol. The molecule has 110 valence electrons. The number of carbonyl (C=O) groups excluding carboxylic acids is 1. The lowest BCUT2D eigenvalue weighted by molar-refractivity contribution is -0.119. The minimum Gasteiger partial charge on any atom is -0.399 e. The van der Waals surface area contributed by atoms with Crippen molar-refractivity contribution in [2.24, 2.45) is 5.73 Å². The molecule has 0 aliphatic rings. The molecule has 1 aromatic heterocycles. The van der Waals surface area contributed by atoms with Crippen molar-refractivity contribution >= 4 is 11.6 Å². The molecule has 0 saturated heterocycles. The number of carbonyl (C=O) groups is 1. The average Bonchev–Trinajstić information content (AvgIpc) is 2.40. The summed E-state index contributed by atoms with van der Waals surface area (Å²) in [4.78, 5) is 17.6. The van der Waals surface area contributed by atoms with E-state index in [1.54, 1.807) is 6.20 Å². The Bertz CT molecular complexity index is 627. The van der Waals surface area contributed by atoms with E-state index in [-0.39, 0.29) is 12.5 Å². The standard InChI is InChI=1S/C16H20N4O/c1-12-4-3-7-19-15(12)10-20(11-16(18)21)9-13-5-2-6-14(17)8-13/h2-8H,9-11,17H2,1H3,(H2,18,21). The Hall–Kier alpha value is -2.40. The Morgan fingerprint density at radius 3 is 2.71 bits per heavy atom. The van der Waals surface area contributed by atoms with Crippen LogP contribution in [0.5, 0.6) is 0 Å². The zero-order valence-electron chi connectivity index (χ0n) is 12.1. The van der Waals surface area contributed by atoms with Crippen molar-refractivity contribution in [3.63, 3.8) is 0 Å². The summed E-state index contributed by atoms with van der Waals surface area (Å²) in [6, 6.07) is 11.5. The first-order valence-electron chi connectivity index (χ1n) is 6.80. The van der Waals surface area contributed by atoms with E-state index in [9.17, 15) is 4.79 Å². The number of anilines is 1. The Balaban J connectivity index is 2.15. The third-order valence-electron chi connectivity index (χ3n) is 3.23. The summed E-state index contributed by atoms with van der Waals surface area (Å²) >= 11 is 0. The third-order valence-corrected chi connectivity index (χ3v) is 3.23. The normalized spacial score (nSPS) is 10.8. The molecule has 0 saturated carbocycles. The number of amides is 1. The molecule has 1 aromatic carbocycles. The molecule has 5 heteroatoms. The summed E-state index contributed by atoms with van der Waals surface area (Å²) in [5.74, 6) is -0.354. The highest BCUT2D eigenvalue weighted by molar-refractivity contribution is 5.75. The molecule has 21 heavy (non-hydrogen) atoms. The van der Waals surface area contributed by atoms with Crippen LogP contribution in [-0.2, 0) is 17.9 Å². The topological polar surface area (TPSA) is 85.2 Å². The fourth-order valence-corrected chi connectivity index (χ4v) is 2.23. The molecule has 2 rings (SSSR count). The maximum absolute atomic E-state index is 11.3.